The minimum atomic E-state index is -3.51. The van der Waals surface area contributed by atoms with E-state index in [1.165, 1.54) is 5.56 Å². The number of rotatable bonds is 5. The molecular weight excluding hydrogens is 274 g/mol. The standard InChI is InChI=1S/C14H19N3O2S/c1-10-6-4-5-7-13(10)8-9-15-20(18,19)14-11(2)16-17-12(14)3/h4-7,15H,8-9H2,1-3H3,(H,16,17). The molecule has 108 valence electrons. The van der Waals surface area contributed by atoms with Gasteiger partial charge >= 0.3 is 0 Å². The van der Waals surface area contributed by atoms with Crippen molar-refractivity contribution in [3.05, 3.63) is 46.8 Å². The van der Waals surface area contributed by atoms with Crippen molar-refractivity contribution in [2.75, 3.05) is 6.54 Å². The van der Waals surface area contributed by atoms with Crippen LogP contribution in [0, 0.1) is 20.8 Å². The molecule has 0 aliphatic heterocycles. The topological polar surface area (TPSA) is 74.8 Å². The normalized spacial score (nSPS) is 11.8. The predicted octanol–water partition coefficient (Wildman–Crippen LogP) is 1.86. The predicted molar refractivity (Wildman–Crippen MR) is 78.1 cm³/mol. The Hall–Kier alpha value is -1.66. The molecule has 2 rings (SSSR count). The summed E-state index contributed by atoms with van der Waals surface area (Å²) in [7, 11) is -3.51. The zero-order chi connectivity index (χ0) is 14.8. The fourth-order valence-corrected chi connectivity index (χ4v) is 3.62. The fraction of sp³-hybridized carbons (Fsp3) is 0.357. The maximum Gasteiger partial charge on any atom is 0.244 e. The van der Waals surface area contributed by atoms with Crippen LogP contribution >= 0.6 is 0 Å². The summed E-state index contributed by atoms with van der Waals surface area (Å²) in [6, 6.07) is 7.97. The molecule has 20 heavy (non-hydrogen) atoms. The number of H-pyrrole nitrogens is 1. The van der Waals surface area contributed by atoms with Crippen LogP contribution in [0.4, 0.5) is 0 Å². The van der Waals surface area contributed by atoms with Crippen LogP contribution in [-0.2, 0) is 16.4 Å². The van der Waals surface area contributed by atoms with Crippen LogP contribution in [-0.4, -0.2) is 25.2 Å². The molecule has 0 amide bonds. The molecule has 2 aromatic rings. The molecule has 0 saturated carbocycles. The fourth-order valence-electron chi connectivity index (χ4n) is 2.22. The second-order valence-electron chi connectivity index (χ2n) is 4.84. The van der Waals surface area contributed by atoms with Gasteiger partial charge in [0.25, 0.3) is 0 Å². The summed E-state index contributed by atoms with van der Waals surface area (Å²) in [5.41, 5.74) is 3.37. The van der Waals surface area contributed by atoms with E-state index >= 15 is 0 Å². The number of benzene rings is 1. The van der Waals surface area contributed by atoms with Crippen molar-refractivity contribution in [3.8, 4) is 0 Å². The molecule has 0 saturated heterocycles. The van der Waals surface area contributed by atoms with E-state index < -0.39 is 10.0 Å². The summed E-state index contributed by atoms with van der Waals surface area (Å²) in [5, 5.41) is 6.61. The van der Waals surface area contributed by atoms with Crippen molar-refractivity contribution in [1.82, 2.24) is 14.9 Å². The van der Waals surface area contributed by atoms with Crippen LogP contribution in [0.25, 0.3) is 0 Å². The van der Waals surface area contributed by atoms with E-state index in [9.17, 15) is 8.42 Å². The van der Waals surface area contributed by atoms with Gasteiger partial charge in [0.2, 0.25) is 10.0 Å². The van der Waals surface area contributed by atoms with E-state index in [1.807, 2.05) is 31.2 Å². The van der Waals surface area contributed by atoms with Gasteiger partial charge in [-0.1, -0.05) is 24.3 Å². The zero-order valence-electron chi connectivity index (χ0n) is 11.9. The number of hydrogen-bond donors (Lipinski definition) is 2. The highest BCUT2D eigenvalue weighted by atomic mass is 32.2. The van der Waals surface area contributed by atoms with Gasteiger partial charge < -0.3 is 0 Å². The number of aromatic amines is 1. The first kappa shape index (κ1) is 14.7. The average Bonchev–Trinajstić information content (AvgIpc) is 2.72. The quantitative estimate of drug-likeness (QED) is 0.883. The molecule has 2 N–H and O–H groups in total. The molecule has 1 aromatic carbocycles. The van der Waals surface area contributed by atoms with Gasteiger partial charge in [-0.05, 0) is 38.3 Å². The summed E-state index contributed by atoms with van der Waals surface area (Å²) >= 11 is 0. The summed E-state index contributed by atoms with van der Waals surface area (Å²) in [5.74, 6) is 0. The molecule has 0 atom stereocenters. The third-order valence-corrected chi connectivity index (χ3v) is 5.00. The monoisotopic (exact) mass is 293 g/mol. The molecule has 0 bridgehead atoms. The van der Waals surface area contributed by atoms with Gasteiger partial charge in [0.05, 0.1) is 11.4 Å². The van der Waals surface area contributed by atoms with Gasteiger partial charge in [-0.3, -0.25) is 5.10 Å². The van der Waals surface area contributed by atoms with Crippen molar-refractivity contribution in [1.29, 1.82) is 0 Å². The van der Waals surface area contributed by atoms with E-state index in [4.69, 9.17) is 0 Å². The summed E-state index contributed by atoms with van der Waals surface area (Å²) in [6.07, 6.45) is 0.669. The van der Waals surface area contributed by atoms with E-state index in [2.05, 4.69) is 14.9 Å². The Morgan fingerprint density at radius 2 is 1.90 bits per heavy atom. The van der Waals surface area contributed by atoms with E-state index in [0.29, 0.717) is 24.4 Å². The third-order valence-electron chi connectivity index (χ3n) is 3.28. The van der Waals surface area contributed by atoms with Gasteiger partial charge in [-0.2, -0.15) is 5.10 Å². The van der Waals surface area contributed by atoms with Gasteiger partial charge in [0.1, 0.15) is 4.90 Å². The lowest BCUT2D eigenvalue weighted by atomic mass is 10.1. The zero-order valence-corrected chi connectivity index (χ0v) is 12.7. The number of nitrogens with zero attached hydrogens (tertiary/aromatic N) is 1. The molecule has 0 spiro atoms. The maximum absolute atomic E-state index is 12.2. The molecule has 0 radical (unpaired) electrons. The SMILES string of the molecule is Cc1ccccc1CCNS(=O)(=O)c1c(C)n[nH]c1C. The van der Waals surface area contributed by atoms with Crippen molar-refractivity contribution in [2.45, 2.75) is 32.1 Å². The summed E-state index contributed by atoms with van der Waals surface area (Å²) < 4.78 is 27.1. The first-order valence-corrected chi connectivity index (χ1v) is 7.96. The van der Waals surface area contributed by atoms with Gasteiger partial charge in [0, 0.05) is 6.54 Å². The average molecular weight is 293 g/mol. The van der Waals surface area contributed by atoms with Crippen LogP contribution in [0.15, 0.2) is 29.2 Å². The van der Waals surface area contributed by atoms with Crippen LogP contribution in [0.5, 0.6) is 0 Å². The number of hydrogen-bond acceptors (Lipinski definition) is 3. The van der Waals surface area contributed by atoms with Crippen molar-refractivity contribution in [3.63, 3.8) is 0 Å². The Kier molecular flexibility index (Phi) is 4.25. The second kappa shape index (κ2) is 5.76. The van der Waals surface area contributed by atoms with Crippen LogP contribution in [0.2, 0.25) is 0 Å². The lowest BCUT2D eigenvalue weighted by Crippen LogP contribution is -2.27. The largest absolute Gasteiger partial charge is 0.281 e. The van der Waals surface area contributed by atoms with Gasteiger partial charge in [-0.15, -0.1) is 0 Å². The Morgan fingerprint density at radius 1 is 1.20 bits per heavy atom. The Morgan fingerprint density at radius 3 is 2.50 bits per heavy atom. The highest BCUT2D eigenvalue weighted by Crippen LogP contribution is 2.16. The molecule has 1 heterocycles. The molecule has 0 fully saturated rings. The second-order valence-corrected chi connectivity index (χ2v) is 6.54. The molecule has 0 unspecified atom stereocenters. The Labute approximate surface area is 119 Å². The van der Waals surface area contributed by atoms with Gasteiger partial charge in [-0.25, -0.2) is 13.1 Å². The smallest absolute Gasteiger partial charge is 0.244 e. The Bertz CT molecular complexity index is 685. The van der Waals surface area contributed by atoms with Crippen LogP contribution in [0.1, 0.15) is 22.5 Å². The molecule has 0 aliphatic rings. The third kappa shape index (κ3) is 3.08. The summed E-state index contributed by atoms with van der Waals surface area (Å²) in [4.78, 5) is 0.252. The molecule has 6 heteroatoms. The molecule has 1 aromatic heterocycles. The number of sulfonamides is 1. The van der Waals surface area contributed by atoms with E-state index in [0.717, 1.165) is 5.56 Å². The highest BCUT2D eigenvalue weighted by Gasteiger charge is 2.21. The first-order valence-electron chi connectivity index (χ1n) is 6.47. The number of aryl methyl sites for hydroxylation is 3. The number of nitrogens with one attached hydrogen (secondary N) is 2. The van der Waals surface area contributed by atoms with Crippen molar-refractivity contribution < 1.29 is 8.42 Å². The molecule has 0 aliphatic carbocycles. The van der Waals surface area contributed by atoms with Crippen LogP contribution in [0.3, 0.4) is 0 Å². The van der Waals surface area contributed by atoms with E-state index in [-0.39, 0.29) is 4.90 Å². The molecular formula is C14H19N3O2S. The van der Waals surface area contributed by atoms with Crippen molar-refractivity contribution >= 4 is 10.0 Å². The van der Waals surface area contributed by atoms with Gasteiger partial charge in [0.15, 0.2) is 0 Å². The minimum Gasteiger partial charge on any atom is -0.281 e. The Balaban J connectivity index is 2.06. The highest BCUT2D eigenvalue weighted by molar-refractivity contribution is 7.89. The first-order chi connectivity index (χ1) is 9.42. The van der Waals surface area contributed by atoms with E-state index in [1.54, 1.807) is 13.8 Å². The van der Waals surface area contributed by atoms with Crippen LogP contribution < -0.4 is 4.72 Å². The maximum atomic E-state index is 12.2. The van der Waals surface area contributed by atoms with Crippen molar-refractivity contribution in [2.24, 2.45) is 0 Å². The lowest BCUT2D eigenvalue weighted by Gasteiger charge is -2.08. The number of aromatic nitrogens is 2. The minimum absolute atomic E-state index is 0.252. The lowest BCUT2D eigenvalue weighted by molar-refractivity contribution is 0.580. The summed E-state index contributed by atoms with van der Waals surface area (Å²) in [6.45, 7) is 5.78. The molecule has 5 nitrogen and oxygen atoms in total.